The summed E-state index contributed by atoms with van der Waals surface area (Å²) >= 11 is 0. The smallest absolute Gasteiger partial charge is 0.291 e. The van der Waals surface area contributed by atoms with Crippen LogP contribution in [0.1, 0.15) is 43.7 Å². The third-order valence-corrected chi connectivity index (χ3v) is 5.45. The highest BCUT2D eigenvalue weighted by molar-refractivity contribution is 5.83. The molecule has 1 aromatic carbocycles. The van der Waals surface area contributed by atoms with Crippen molar-refractivity contribution in [1.29, 1.82) is 0 Å². The van der Waals surface area contributed by atoms with E-state index in [0.29, 0.717) is 23.8 Å². The molecule has 3 aromatic rings. The van der Waals surface area contributed by atoms with E-state index in [1.807, 2.05) is 13.0 Å². The number of ether oxygens (including phenoxy) is 1. The third-order valence-electron chi connectivity index (χ3n) is 5.45. The van der Waals surface area contributed by atoms with E-state index in [0.717, 1.165) is 56.6 Å². The molecule has 1 aliphatic rings. The van der Waals surface area contributed by atoms with Gasteiger partial charge >= 0.3 is 0 Å². The molecule has 0 N–H and O–H groups in total. The number of piperidine rings is 1. The van der Waals surface area contributed by atoms with Gasteiger partial charge in [0.2, 0.25) is 5.89 Å². The molecule has 0 unspecified atom stereocenters. The molecule has 8 heteroatoms. The molecule has 7 nitrogen and oxygen atoms in total. The van der Waals surface area contributed by atoms with Crippen LogP contribution in [0.4, 0.5) is 4.39 Å². The fourth-order valence-electron chi connectivity index (χ4n) is 3.91. The zero-order valence-electron chi connectivity index (χ0n) is 16.4. The fraction of sp³-hybridized carbons (Fsp3) is 0.550. The first-order chi connectivity index (χ1) is 13.7. The van der Waals surface area contributed by atoms with Crippen LogP contribution in [0, 0.1) is 5.82 Å². The molecule has 1 aliphatic heterocycles. The summed E-state index contributed by atoms with van der Waals surface area (Å²) in [7, 11) is 1.73. The maximum absolute atomic E-state index is 14.5. The van der Waals surface area contributed by atoms with Gasteiger partial charge in [0.15, 0.2) is 0 Å². The predicted octanol–water partition coefficient (Wildman–Crippen LogP) is 3.33. The van der Waals surface area contributed by atoms with Crippen molar-refractivity contribution in [2.24, 2.45) is 0 Å². The van der Waals surface area contributed by atoms with Crippen molar-refractivity contribution < 1.29 is 13.7 Å². The molecule has 0 amide bonds. The van der Waals surface area contributed by atoms with E-state index in [1.165, 1.54) is 10.7 Å². The molecule has 0 atom stereocenters. The van der Waals surface area contributed by atoms with Crippen LogP contribution < -0.4 is 0 Å². The van der Waals surface area contributed by atoms with Gasteiger partial charge in [-0.05, 0) is 50.0 Å². The number of hydrogen-bond acceptors (Lipinski definition) is 6. The molecule has 2 aromatic heterocycles. The number of halogens is 1. The number of hydrogen-bond donors (Lipinski definition) is 0. The van der Waals surface area contributed by atoms with Gasteiger partial charge in [-0.3, -0.25) is 0 Å². The second-order valence-electron chi connectivity index (χ2n) is 7.24. The Bertz CT molecular complexity index is 930. The molecule has 28 heavy (non-hydrogen) atoms. The van der Waals surface area contributed by atoms with Crippen LogP contribution in [0.25, 0.3) is 16.9 Å². The molecule has 4 rings (SSSR count). The average Bonchev–Trinajstić information content (AvgIpc) is 3.34. The molecule has 1 fully saturated rings. The van der Waals surface area contributed by atoms with Crippen molar-refractivity contribution in [3.8, 4) is 5.95 Å². The second-order valence-corrected chi connectivity index (χ2v) is 7.24. The number of para-hydroxylation sites is 1. The molecule has 0 aliphatic carbocycles. The molecule has 3 heterocycles. The summed E-state index contributed by atoms with van der Waals surface area (Å²) < 4.78 is 26.6. The third kappa shape index (κ3) is 3.66. The van der Waals surface area contributed by atoms with E-state index < -0.39 is 0 Å². The van der Waals surface area contributed by atoms with Crippen molar-refractivity contribution in [3.63, 3.8) is 0 Å². The number of aromatic nitrogens is 4. The Morgan fingerprint density at radius 2 is 2.11 bits per heavy atom. The van der Waals surface area contributed by atoms with Crippen LogP contribution in [0.2, 0.25) is 0 Å². The fourth-order valence-corrected chi connectivity index (χ4v) is 3.91. The summed E-state index contributed by atoms with van der Waals surface area (Å²) in [6.07, 6.45) is 3.70. The van der Waals surface area contributed by atoms with Crippen molar-refractivity contribution >= 4 is 10.9 Å². The normalized spacial score (nSPS) is 16.2. The maximum Gasteiger partial charge on any atom is 0.291 e. The van der Waals surface area contributed by atoms with Crippen LogP contribution in [0.15, 0.2) is 22.7 Å². The number of rotatable bonds is 7. The van der Waals surface area contributed by atoms with Gasteiger partial charge in [-0.25, -0.2) is 4.39 Å². The molecule has 0 bridgehead atoms. The van der Waals surface area contributed by atoms with Gasteiger partial charge in [-0.15, -0.1) is 0 Å². The summed E-state index contributed by atoms with van der Waals surface area (Å²) in [4.78, 5) is 7.00. The quantitative estimate of drug-likeness (QED) is 0.579. The summed E-state index contributed by atoms with van der Waals surface area (Å²) in [5.41, 5.74) is 1.23. The second kappa shape index (κ2) is 8.36. The number of likely N-dealkylation sites (tertiary alicyclic amines) is 1. The Hall–Kier alpha value is -2.32. The number of nitrogens with zero attached hydrogens (tertiary/aromatic N) is 5. The van der Waals surface area contributed by atoms with Crippen LogP contribution in [-0.4, -0.2) is 58.2 Å². The van der Waals surface area contributed by atoms with Crippen LogP contribution >= 0.6 is 0 Å². The lowest BCUT2D eigenvalue weighted by Gasteiger charge is -2.30. The van der Waals surface area contributed by atoms with Gasteiger partial charge < -0.3 is 14.2 Å². The lowest BCUT2D eigenvalue weighted by Crippen LogP contribution is -2.34. The first-order valence-electron chi connectivity index (χ1n) is 9.92. The van der Waals surface area contributed by atoms with Gasteiger partial charge in [-0.2, -0.15) is 14.8 Å². The lowest BCUT2D eigenvalue weighted by molar-refractivity contribution is 0.152. The van der Waals surface area contributed by atoms with E-state index in [1.54, 1.807) is 13.2 Å². The highest BCUT2D eigenvalue weighted by Crippen LogP contribution is 2.29. The topological polar surface area (TPSA) is 69.2 Å². The first kappa shape index (κ1) is 19.0. The Labute approximate surface area is 163 Å². The van der Waals surface area contributed by atoms with E-state index >= 15 is 0 Å². The van der Waals surface area contributed by atoms with E-state index in [2.05, 4.69) is 20.1 Å². The van der Waals surface area contributed by atoms with Gasteiger partial charge in [0.25, 0.3) is 5.95 Å². The van der Waals surface area contributed by atoms with Gasteiger partial charge in [0.1, 0.15) is 11.3 Å². The van der Waals surface area contributed by atoms with Crippen molar-refractivity contribution in [2.45, 2.75) is 38.5 Å². The zero-order chi connectivity index (χ0) is 19.5. The molecular weight excluding hydrogens is 361 g/mol. The highest BCUT2D eigenvalue weighted by atomic mass is 19.1. The largest absolute Gasteiger partial charge is 0.385 e. The minimum Gasteiger partial charge on any atom is -0.385 e. The molecular formula is C20H26FN5O2. The monoisotopic (exact) mass is 387 g/mol. The number of aryl methyl sites for hydroxylation is 1. The zero-order valence-corrected chi connectivity index (χ0v) is 16.4. The Kier molecular flexibility index (Phi) is 5.68. The minimum absolute atomic E-state index is 0.234. The van der Waals surface area contributed by atoms with E-state index in [4.69, 9.17) is 9.26 Å². The summed E-state index contributed by atoms with van der Waals surface area (Å²) in [6, 6.07) is 5.01. The Morgan fingerprint density at radius 1 is 1.29 bits per heavy atom. The summed E-state index contributed by atoms with van der Waals surface area (Å²) in [5, 5.41) is 9.41. The number of benzene rings is 1. The van der Waals surface area contributed by atoms with Gasteiger partial charge in [0.05, 0.1) is 5.69 Å². The number of methoxy groups -OCH3 is 1. The molecule has 0 saturated carbocycles. The summed E-state index contributed by atoms with van der Waals surface area (Å²) in [5.74, 6) is 0.814. The molecule has 0 spiro atoms. The molecule has 0 radical (unpaired) electrons. The minimum atomic E-state index is -0.333. The van der Waals surface area contributed by atoms with Crippen molar-refractivity contribution in [2.75, 3.05) is 33.4 Å². The van der Waals surface area contributed by atoms with Crippen LogP contribution in [-0.2, 0) is 11.2 Å². The molecule has 1 saturated heterocycles. The SMILES string of the molecule is CCc1nn(-c2noc(C3CCN(CCCOC)CC3)n2)c2c(F)cccc12. The standard InChI is InChI=1S/C20H26FN5O2/c1-3-17-15-6-4-7-16(21)18(15)26(23-17)20-22-19(28-24-20)14-8-11-25(12-9-14)10-5-13-27-2/h4,6-7,14H,3,5,8-13H2,1-2H3. The predicted molar refractivity (Wildman–Crippen MR) is 103 cm³/mol. The summed E-state index contributed by atoms with van der Waals surface area (Å²) in [6.45, 7) is 5.85. The molecule has 150 valence electrons. The van der Waals surface area contributed by atoms with Crippen molar-refractivity contribution in [3.05, 3.63) is 35.6 Å². The van der Waals surface area contributed by atoms with Gasteiger partial charge in [0, 0.05) is 31.6 Å². The Balaban J connectivity index is 1.51. The van der Waals surface area contributed by atoms with Crippen LogP contribution in [0.3, 0.4) is 0 Å². The maximum atomic E-state index is 14.5. The highest BCUT2D eigenvalue weighted by Gasteiger charge is 2.26. The lowest BCUT2D eigenvalue weighted by atomic mass is 9.97. The average molecular weight is 387 g/mol. The Morgan fingerprint density at radius 3 is 2.86 bits per heavy atom. The van der Waals surface area contributed by atoms with E-state index in [9.17, 15) is 4.39 Å². The number of fused-ring (bicyclic) bond motifs is 1. The van der Waals surface area contributed by atoms with Gasteiger partial charge in [-0.1, -0.05) is 19.1 Å². The van der Waals surface area contributed by atoms with Crippen molar-refractivity contribution in [1.82, 2.24) is 24.8 Å². The first-order valence-corrected chi connectivity index (χ1v) is 9.92. The van der Waals surface area contributed by atoms with Crippen LogP contribution in [0.5, 0.6) is 0 Å². The van der Waals surface area contributed by atoms with E-state index in [-0.39, 0.29) is 11.7 Å².